The molecular weight excluding hydrogens is 232 g/mol. The molecule has 2 aliphatic carbocycles. The molecule has 0 heterocycles. The highest BCUT2D eigenvalue weighted by molar-refractivity contribution is 5.32. The van der Waals surface area contributed by atoms with Gasteiger partial charge in [0.15, 0.2) is 0 Å². The van der Waals surface area contributed by atoms with Gasteiger partial charge in [0, 0.05) is 18.6 Å². The predicted molar refractivity (Wildman–Crippen MR) is 80.3 cm³/mol. The molecule has 2 aliphatic rings. The Balaban J connectivity index is 1.83. The summed E-state index contributed by atoms with van der Waals surface area (Å²) < 4.78 is 0. The number of benzene rings is 1. The first-order valence-corrected chi connectivity index (χ1v) is 7.75. The second-order valence-corrected chi connectivity index (χ2v) is 6.31. The van der Waals surface area contributed by atoms with Crippen LogP contribution in [0.4, 0.5) is 0 Å². The van der Waals surface area contributed by atoms with E-state index in [1.165, 1.54) is 44.2 Å². The molecule has 104 valence electrons. The topological polar surface area (TPSA) is 15.3 Å². The SMILES string of the molecule is CNC1c2ccccc2CCCC1N(C)CC1CC1. The van der Waals surface area contributed by atoms with Crippen molar-refractivity contribution in [1.29, 1.82) is 0 Å². The minimum atomic E-state index is 0.488. The summed E-state index contributed by atoms with van der Waals surface area (Å²) >= 11 is 0. The van der Waals surface area contributed by atoms with Gasteiger partial charge in [-0.3, -0.25) is 0 Å². The van der Waals surface area contributed by atoms with E-state index in [9.17, 15) is 0 Å². The van der Waals surface area contributed by atoms with Crippen LogP contribution in [0.25, 0.3) is 0 Å². The molecule has 2 atom stereocenters. The Labute approximate surface area is 117 Å². The Morgan fingerprint density at radius 2 is 2.00 bits per heavy atom. The van der Waals surface area contributed by atoms with Gasteiger partial charge in [0.25, 0.3) is 0 Å². The van der Waals surface area contributed by atoms with Gasteiger partial charge in [-0.15, -0.1) is 0 Å². The first-order chi connectivity index (χ1) is 9.29. The van der Waals surface area contributed by atoms with Crippen LogP contribution >= 0.6 is 0 Å². The number of hydrogen-bond donors (Lipinski definition) is 1. The van der Waals surface area contributed by atoms with Gasteiger partial charge in [-0.05, 0) is 63.2 Å². The monoisotopic (exact) mass is 258 g/mol. The highest BCUT2D eigenvalue weighted by Gasteiger charge is 2.32. The zero-order valence-corrected chi connectivity index (χ0v) is 12.2. The lowest BCUT2D eigenvalue weighted by atomic mass is 9.95. The highest BCUT2D eigenvalue weighted by Crippen LogP contribution is 2.35. The number of likely N-dealkylation sites (N-methyl/N-ethyl adjacent to an activating group) is 2. The fourth-order valence-corrected chi connectivity index (χ4v) is 3.61. The Morgan fingerprint density at radius 3 is 2.74 bits per heavy atom. The minimum Gasteiger partial charge on any atom is -0.312 e. The minimum absolute atomic E-state index is 0.488. The molecule has 1 fully saturated rings. The van der Waals surface area contributed by atoms with Gasteiger partial charge in [0.05, 0.1) is 0 Å². The summed E-state index contributed by atoms with van der Waals surface area (Å²) in [4.78, 5) is 2.61. The lowest BCUT2D eigenvalue weighted by molar-refractivity contribution is 0.180. The van der Waals surface area contributed by atoms with Crippen LogP contribution in [0.2, 0.25) is 0 Å². The number of nitrogens with one attached hydrogen (secondary N) is 1. The molecule has 1 saturated carbocycles. The van der Waals surface area contributed by atoms with Crippen LogP contribution in [0, 0.1) is 5.92 Å². The van der Waals surface area contributed by atoms with E-state index >= 15 is 0 Å². The molecule has 0 bridgehead atoms. The molecule has 0 saturated heterocycles. The van der Waals surface area contributed by atoms with Gasteiger partial charge < -0.3 is 10.2 Å². The molecule has 0 amide bonds. The second kappa shape index (κ2) is 5.64. The zero-order chi connectivity index (χ0) is 13.2. The van der Waals surface area contributed by atoms with E-state index in [4.69, 9.17) is 0 Å². The van der Waals surface area contributed by atoms with E-state index in [0.717, 1.165) is 5.92 Å². The maximum atomic E-state index is 3.58. The van der Waals surface area contributed by atoms with Crippen molar-refractivity contribution in [2.45, 2.75) is 44.2 Å². The number of rotatable bonds is 4. The van der Waals surface area contributed by atoms with Gasteiger partial charge in [0.2, 0.25) is 0 Å². The second-order valence-electron chi connectivity index (χ2n) is 6.31. The average Bonchev–Trinajstić information content (AvgIpc) is 3.23. The maximum absolute atomic E-state index is 3.58. The predicted octanol–water partition coefficient (Wildman–Crippen LogP) is 2.99. The van der Waals surface area contributed by atoms with Crippen LogP contribution in [-0.2, 0) is 6.42 Å². The summed E-state index contributed by atoms with van der Waals surface area (Å²) in [5.41, 5.74) is 3.07. The molecule has 0 spiro atoms. The highest BCUT2D eigenvalue weighted by atomic mass is 15.2. The summed E-state index contributed by atoms with van der Waals surface area (Å²) in [5.74, 6) is 0.973. The molecule has 0 aliphatic heterocycles. The Bertz CT molecular complexity index is 425. The van der Waals surface area contributed by atoms with Crippen LogP contribution in [0.15, 0.2) is 24.3 Å². The third-order valence-electron chi connectivity index (χ3n) is 4.84. The summed E-state index contributed by atoms with van der Waals surface area (Å²) in [6, 6.07) is 10.1. The molecular formula is C17H26N2. The van der Waals surface area contributed by atoms with Crippen LogP contribution in [0.3, 0.4) is 0 Å². The molecule has 2 unspecified atom stereocenters. The largest absolute Gasteiger partial charge is 0.312 e. The molecule has 0 aromatic heterocycles. The van der Waals surface area contributed by atoms with E-state index in [-0.39, 0.29) is 0 Å². The maximum Gasteiger partial charge on any atom is 0.0478 e. The van der Waals surface area contributed by atoms with Crippen molar-refractivity contribution in [1.82, 2.24) is 10.2 Å². The molecule has 1 N–H and O–H groups in total. The van der Waals surface area contributed by atoms with Crippen LogP contribution in [0.1, 0.15) is 42.9 Å². The van der Waals surface area contributed by atoms with E-state index in [1.807, 2.05) is 0 Å². The number of fused-ring (bicyclic) bond motifs is 1. The van der Waals surface area contributed by atoms with Crippen molar-refractivity contribution in [3.63, 3.8) is 0 Å². The summed E-state index contributed by atoms with van der Waals surface area (Å²) in [5, 5.41) is 3.58. The molecule has 2 nitrogen and oxygen atoms in total. The number of nitrogens with zero attached hydrogens (tertiary/aromatic N) is 1. The number of hydrogen-bond acceptors (Lipinski definition) is 2. The lowest BCUT2D eigenvalue weighted by Gasteiger charge is -2.34. The Morgan fingerprint density at radius 1 is 1.21 bits per heavy atom. The first kappa shape index (κ1) is 13.1. The fourth-order valence-electron chi connectivity index (χ4n) is 3.61. The van der Waals surface area contributed by atoms with Crippen molar-refractivity contribution < 1.29 is 0 Å². The Hall–Kier alpha value is -0.860. The van der Waals surface area contributed by atoms with Crippen LogP contribution in [0.5, 0.6) is 0 Å². The summed E-state index contributed by atoms with van der Waals surface area (Å²) in [7, 11) is 4.44. The number of aryl methyl sites for hydroxylation is 1. The van der Waals surface area contributed by atoms with Crippen LogP contribution in [-0.4, -0.2) is 31.6 Å². The smallest absolute Gasteiger partial charge is 0.0478 e. The van der Waals surface area contributed by atoms with E-state index < -0.39 is 0 Å². The molecule has 1 aromatic carbocycles. The normalized spacial score (nSPS) is 27.1. The zero-order valence-electron chi connectivity index (χ0n) is 12.2. The summed E-state index contributed by atoms with van der Waals surface area (Å²) in [6.45, 7) is 1.28. The summed E-state index contributed by atoms with van der Waals surface area (Å²) in [6.07, 6.45) is 6.75. The molecule has 1 aromatic rings. The third kappa shape index (κ3) is 2.85. The molecule has 3 rings (SSSR count). The van der Waals surface area contributed by atoms with Gasteiger partial charge >= 0.3 is 0 Å². The average molecular weight is 258 g/mol. The van der Waals surface area contributed by atoms with Crippen molar-refractivity contribution >= 4 is 0 Å². The standard InChI is InChI=1S/C17H26N2/c1-18-17-15-8-4-3-6-14(15)7-5-9-16(17)19(2)12-13-10-11-13/h3-4,6,8,13,16-18H,5,7,9-12H2,1-2H3. The lowest BCUT2D eigenvalue weighted by Crippen LogP contribution is -2.42. The third-order valence-corrected chi connectivity index (χ3v) is 4.84. The fraction of sp³-hybridized carbons (Fsp3) is 0.647. The molecule has 2 heteroatoms. The van der Waals surface area contributed by atoms with Crippen molar-refractivity contribution in [3.05, 3.63) is 35.4 Å². The van der Waals surface area contributed by atoms with Crippen LogP contribution < -0.4 is 5.32 Å². The van der Waals surface area contributed by atoms with E-state index in [2.05, 4.69) is 48.6 Å². The van der Waals surface area contributed by atoms with Crippen molar-refractivity contribution in [2.75, 3.05) is 20.6 Å². The van der Waals surface area contributed by atoms with E-state index in [0.29, 0.717) is 12.1 Å². The van der Waals surface area contributed by atoms with Gasteiger partial charge in [-0.25, -0.2) is 0 Å². The van der Waals surface area contributed by atoms with Crippen molar-refractivity contribution in [3.8, 4) is 0 Å². The first-order valence-electron chi connectivity index (χ1n) is 7.75. The van der Waals surface area contributed by atoms with E-state index in [1.54, 1.807) is 5.56 Å². The molecule has 0 radical (unpaired) electrons. The van der Waals surface area contributed by atoms with Gasteiger partial charge in [-0.1, -0.05) is 24.3 Å². The quantitative estimate of drug-likeness (QED) is 0.835. The van der Waals surface area contributed by atoms with Crippen molar-refractivity contribution in [2.24, 2.45) is 5.92 Å². The Kier molecular flexibility index (Phi) is 3.90. The molecule has 19 heavy (non-hydrogen) atoms. The van der Waals surface area contributed by atoms with Gasteiger partial charge in [0.1, 0.15) is 0 Å². The van der Waals surface area contributed by atoms with Gasteiger partial charge in [-0.2, -0.15) is 0 Å².